The third-order valence-electron chi connectivity index (χ3n) is 2.18. The van der Waals surface area contributed by atoms with Gasteiger partial charge in [0.1, 0.15) is 6.26 Å². The highest BCUT2D eigenvalue weighted by Crippen LogP contribution is 2.33. The van der Waals surface area contributed by atoms with Gasteiger partial charge in [0, 0.05) is 12.5 Å². The summed E-state index contributed by atoms with van der Waals surface area (Å²) in [4.78, 5) is 11.2. The number of aromatic nitrogens is 1. The molecule has 4 nitrogen and oxygen atoms in total. The Morgan fingerprint density at radius 1 is 1.69 bits per heavy atom. The fourth-order valence-electron chi connectivity index (χ4n) is 1.22. The Balaban J connectivity index is 1.71. The van der Waals surface area contributed by atoms with Crippen molar-refractivity contribution in [1.82, 2.24) is 5.16 Å². The van der Waals surface area contributed by atoms with Gasteiger partial charge in [-0.15, -0.1) is 0 Å². The van der Waals surface area contributed by atoms with E-state index in [0.717, 1.165) is 12.3 Å². The van der Waals surface area contributed by atoms with E-state index < -0.39 is 0 Å². The van der Waals surface area contributed by atoms with Crippen LogP contribution >= 0.6 is 0 Å². The first-order chi connectivity index (χ1) is 6.34. The van der Waals surface area contributed by atoms with E-state index in [1.54, 1.807) is 6.07 Å². The summed E-state index contributed by atoms with van der Waals surface area (Å²) in [6, 6.07) is 1.63. The van der Waals surface area contributed by atoms with E-state index in [2.05, 4.69) is 15.0 Å². The minimum Gasteiger partial charge on any atom is -0.363 e. The molecule has 4 heteroatoms. The Morgan fingerprint density at radius 3 is 3.15 bits per heavy atom. The average molecular weight is 180 g/mol. The number of carbonyl (C=O) groups excluding carboxylic acids is 1. The molecule has 0 atom stereocenters. The molecule has 1 aromatic heterocycles. The lowest BCUT2D eigenvalue weighted by atomic mass is 10.2. The lowest BCUT2D eigenvalue weighted by Crippen LogP contribution is -2.11. The zero-order chi connectivity index (χ0) is 9.10. The molecule has 0 bridgehead atoms. The molecule has 70 valence electrons. The highest BCUT2D eigenvalue weighted by Gasteiger charge is 2.21. The van der Waals surface area contributed by atoms with Crippen molar-refractivity contribution >= 4 is 11.7 Å². The van der Waals surface area contributed by atoms with Gasteiger partial charge in [-0.25, -0.2) is 0 Å². The van der Waals surface area contributed by atoms with Crippen LogP contribution in [0, 0.1) is 5.92 Å². The monoisotopic (exact) mass is 180 g/mol. The third kappa shape index (κ3) is 2.57. The topological polar surface area (TPSA) is 55.1 Å². The first-order valence-electron chi connectivity index (χ1n) is 4.55. The summed E-state index contributed by atoms with van der Waals surface area (Å²) in [6.07, 6.45) is 5.62. The van der Waals surface area contributed by atoms with Crippen LogP contribution in [0.2, 0.25) is 0 Å². The molecule has 0 unspecified atom stereocenters. The number of amides is 1. The fraction of sp³-hybridized carbons (Fsp3) is 0.556. The van der Waals surface area contributed by atoms with Crippen LogP contribution in [0.1, 0.15) is 25.7 Å². The van der Waals surface area contributed by atoms with Gasteiger partial charge in [-0.3, -0.25) is 4.79 Å². The second-order valence-corrected chi connectivity index (χ2v) is 3.41. The van der Waals surface area contributed by atoms with Crippen molar-refractivity contribution < 1.29 is 9.32 Å². The number of anilines is 1. The minimum absolute atomic E-state index is 0.0285. The number of hydrogen-bond donors (Lipinski definition) is 1. The zero-order valence-electron chi connectivity index (χ0n) is 7.32. The lowest BCUT2D eigenvalue weighted by molar-refractivity contribution is -0.116. The Hall–Kier alpha value is -1.32. The second-order valence-electron chi connectivity index (χ2n) is 3.41. The number of nitrogens with one attached hydrogen (secondary N) is 1. The SMILES string of the molecule is O=C(CCC1CC1)Nc1ccon1. The summed E-state index contributed by atoms with van der Waals surface area (Å²) in [5.41, 5.74) is 0. The molecular weight excluding hydrogens is 168 g/mol. The number of rotatable bonds is 4. The van der Waals surface area contributed by atoms with E-state index in [0.29, 0.717) is 12.2 Å². The fourth-order valence-corrected chi connectivity index (χ4v) is 1.22. The van der Waals surface area contributed by atoms with Gasteiger partial charge in [-0.2, -0.15) is 0 Å². The predicted molar refractivity (Wildman–Crippen MR) is 47.1 cm³/mol. The molecule has 0 aliphatic heterocycles. The van der Waals surface area contributed by atoms with E-state index >= 15 is 0 Å². The summed E-state index contributed by atoms with van der Waals surface area (Å²) in [7, 11) is 0. The highest BCUT2D eigenvalue weighted by atomic mass is 16.5. The first-order valence-corrected chi connectivity index (χ1v) is 4.55. The standard InChI is InChI=1S/C9H12N2O2/c12-9(4-3-7-1-2-7)10-8-5-6-13-11-8/h5-7H,1-4H2,(H,10,11,12). The van der Waals surface area contributed by atoms with Crippen molar-refractivity contribution in [1.29, 1.82) is 0 Å². The Labute approximate surface area is 76.3 Å². The molecule has 1 aliphatic carbocycles. The van der Waals surface area contributed by atoms with Crippen molar-refractivity contribution in [3.63, 3.8) is 0 Å². The van der Waals surface area contributed by atoms with E-state index in [-0.39, 0.29) is 5.91 Å². The van der Waals surface area contributed by atoms with E-state index in [4.69, 9.17) is 0 Å². The molecule has 1 aliphatic rings. The molecule has 2 rings (SSSR count). The van der Waals surface area contributed by atoms with Crippen LogP contribution in [-0.2, 0) is 4.79 Å². The summed E-state index contributed by atoms with van der Waals surface area (Å²) >= 11 is 0. The van der Waals surface area contributed by atoms with Gasteiger partial charge in [0.25, 0.3) is 0 Å². The molecule has 1 fully saturated rings. The largest absolute Gasteiger partial charge is 0.363 e. The average Bonchev–Trinajstić information content (AvgIpc) is 2.82. The van der Waals surface area contributed by atoms with Gasteiger partial charge >= 0.3 is 0 Å². The highest BCUT2D eigenvalue weighted by molar-refractivity contribution is 5.89. The molecule has 1 heterocycles. The van der Waals surface area contributed by atoms with Gasteiger partial charge in [0.2, 0.25) is 5.91 Å². The quantitative estimate of drug-likeness (QED) is 0.768. The minimum atomic E-state index is 0.0285. The Morgan fingerprint density at radius 2 is 2.54 bits per heavy atom. The summed E-state index contributed by atoms with van der Waals surface area (Å²) < 4.78 is 4.59. The smallest absolute Gasteiger partial charge is 0.225 e. The Bertz CT molecular complexity index is 278. The van der Waals surface area contributed by atoms with Crippen molar-refractivity contribution in [3.05, 3.63) is 12.3 Å². The molecular formula is C9H12N2O2. The number of hydrogen-bond acceptors (Lipinski definition) is 3. The van der Waals surface area contributed by atoms with E-state index in [1.807, 2.05) is 0 Å². The van der Waals surface area contributed by atoms with Gasteiger partial charge in [0.15, 0.2) is 5.82 Å². The third-order valence-corrected chi connectivity index (χ3v) is 2.18. The van der Waals surface area contributed by atoms with Crippen LogP contribution in [0.3, 0.4) is 0 Å². The zero-order valence-corrected chi connectivity index (χ0v) is 7.32. The normalized spacial score (nSPS) is 15.7. The molecule has 0 radical (unpaired) electrons. The van der Waals surface area contributed by atoms with E-state index in [1.165, 1.54) is 19.1 Å². The number of carbonyl (C=O) groups is 1. The van der Waals surface area contributed by atoms with Gasteiger partial charge < -0.3 is 9.84 Å². The molecule has 13 heavy (non-hydrogen) atoms. The van der Waals surface area contributed by atoms with Crippen LogP contribution < -0.4 is 5.32 Å². The van der Waals surface area contributed by atoms with Crippen LogP contribution in [0.15, 0.2) is 16.9 Å². The molecule has 1 aromatic rings. The van der Waals surface area contributed by atoms with Crippen molar-refractivity contribution in [3.8, 4) is 0 Å². The summed E-state index contributed by atoms with van der Waals surface area (Å²) in [6.45, 7) is 0. The maximum absolute atomic E-state index is 11.2. The lowest BCUT2D eigenvalue weighted by Gasteiger charge is -1.99. The molecule has 0 saturated heterocycles. The van der Waals surface area contributed by atoms with Gasteiger partial charge in [-0.05, 0) is 12.3 Å². The molecule has 0 spiro atoms. The van der Waals surface area contributed by atoms with Gasteiger partial charge in [-0.1, -0.05) is 18.0 Å². The van der Waals surface area contributed by atoms with Crippen LogP contribution in [0.25, 0.3) is 0 Å². The van der Waals surface area contributed by atoms with Gasteiger partial charge in [0.05, 0.1) is 0 Å². The number of nitrogens with zero attached hydrogens (tertiary/aromatic N) is 1. The molecule has 0 aromatic carbocycles. The van der Waals surface area contributed by atoms with Crippen molar-refractivity contribution in [2.75, 3.05) is 5.32 Å². The van der Waals surface area contributed by atoms with Crippen LogP contribution in [0.5, 0.6) is 0 Å². The molecule has 1 saturated carbocycles. The maximum Gasteiger partial charge on any atom is 0.225 e. The molecule has 1 N–H and O–H groups in total. The first kappa shape index (κ1) is 8.29. The van der Waals surface area contributed by atoms with Crippen molar-refractivity contribution in [2.24, 2.45) is 5.92 Å². The van der Waals surface area contributed by atoms with E-state index in [9.17, 15) is 4.79 Å². The summed E-state index contributed by atoms with van der Waals surface area (Å²) in [5, 5.41) is 6.25. The Kier molecular flexibility index (Phi) is 2.29. The summed E-state index contributed by atoms with van der Waals surface area (Å²) in [5.74, 6) is 1.32. The van der Waals surface area contributed by atoms with Crippen LogP contribution in [0.4, 0.5) is 5.82 Å². The second kappa shape index (κ2) is 3.60. The predicted octanol–water partition coefficient (Wildman–Crippen LogP) is 1.80. The van der Waals surface area contributed by atoms with Crippen molar-refractivity contribution in [2.45, 2.75) is 25.7 Å². The maximum atomic E-state index is 11.2. The molecule has 1 amide bonds. The van der Waals surface area contributed by atoms with Crippen LogP contribution in [-0.4, -0.2) is 11.1 Å².